The summed E-state index contributed by atoms with van der Waals surface area (Å²) >= 11 is 0. The lowest BCUT2D eigenvalue weighted by atomic mass is 10.0. The second-order valence-electron chi connectivity index (χ2n) is 17.6. The number of rotatable bonds is 48. The first kappa shape index (κ1) is 58.6. The van der Waals surface area contributed by atoms with Crippen LogP contribution in [0, 0.1) is 0 Å². The molecule has 0 aromatic heterocycles. The van der Waals surface area contributed by atoms with Gasteiger partial charge in [0.05, 0.1) is 6.61 Å². The second kappa shape index (κ2) is 51.9. The monoisotopic (exact) mass is 853 g/mol. The van der Waals surface area contributed by atoms with Gasteiger partial charge in [-0.2, -0.15) is 0 Å². The molecule has 0 saturated carbocycles. The van der Waals surface area contributed by atoms with Crippen molar-refractivity contribution >= 4 is 11.9 Å². The van der Waals surface area contributed by atoms with Gasteiger partial charge in [0.15, 0.2) is 6.10 Å². The molecule has 354 valence electrons. The van der Waals surface area contributed by atoms with Gasteiger partial charge in [-0.1, -0.05) is 254 Å². The Labute approximate surface area is 379 Å². The third-order valence-electron chi connectivity index (χ3n) is 11.6. The van der Waals surface area contributed by atoms with Crippen molar-refractivity contribution in [3.8, 4) is 0 Å². The highest BCUT2D eigenvalue weighted by molar-refractivity contribution is 5.70. The van der Waals surface area contributed by atoms with E-state index in [4.69, 9.17) is 9.47 Å². The largest absolute Gasteiger partial charge is 0.462 e. The molecular weight excluding hydrogens is 753 g/mol. The minimum atomic E-state index is -0.769. The number of ether oxygens (including phenoxy) is 2. The van der Waals surface area contributed by atoms with Gasteiger partial charge >= 0.3 is 11.9 Å². The number of aliphatic hydroxyl groups excluding tert-OH is 1. The van der Waals surface area contributed by atoms with E-state index >= 15 is 0 Å². The summed E-state index contributed by atoms with van der Waals surface area (Å²) in [5.41, 5.74) is 0. The molecule has 0 bridgehead atoms. The molecule has 0 aromatic rings. The maximum Gasteiger partial charge on any atom is 0.306 e. The average molecular weight is 853 g/mol. The molecule has 5 nitrogen and oxygen atoms in total. The van der Waals surface area contributed by atoms with Gasteiger partial charge in [0.25, 0.3) is 0 Å². The van der Waals surface area contributed by atoms with Crippen molar-refractivity contribution in [1.82, 2.24) is 0 Å². The lowest BCUT2D eigenvalue weighted by Crippen LogP contribution is -2.28. The molecule has 0 aromatic carbocycles. The van der Waals surface area contributed by atoms with Crippen LogP contribution in [0.4, 0.5) is 0 Å². The topological polar surface area (TPSA) is 72.8 Å². The number of esters is 2. The molecule has 61 heavy (non-hydrogen) atoms. The Morgan fingerprint density at radius 3 is 1.07 bits per heavy atom. The lowest BCUT2D eigenvalue weighted by Gasteiger charge is -2.15. The summed E-state index contributed by atoms with van der Waals surface area (Å²) in [6.07, 6.45) is 69.0. The fraction of sp³-hybridized carbons (Fsp3) is 0.786. The molecule has 0 aliphatic carbocycles. The Kier molecular flexibility index (Phi) is 49.9. The highest BCUT2D eigenvalue weighted by Gasteiger charge is 2.16. The molecule has 0 heterocycles. The van der Waals surface area contributed by atoms with Crippen molar-refractivity contribution in [3.63, 3.8) is 0 Å². The van der Waals surface area contributed by atoms with Crippen LogP contribution in [0.5, 0.6) is 0 Å². The summed E-state index contributed by atoms with van der Waals surface area (Å²) in [6, 6.07) is 0. The summed E-state index contributed by atoms with van der Waals surface area (Å²) < 4.78 is 10.7. The standard InChI is InChI=1S/C56H100O5/c1-3-5-7-9-11-13-15-17-19-20-21-22-23-24-25-26-27-28-29-30-31-32-33-34-35-36-37-39-41-43-45-47-49-51-56(59)61-54(52-57)53-60-55(58)50-48-46-44-42-40-38-18-16-14-12-10-8-6-4-2/h5,7,11,13,17,19,21-22,24-25,54,57H,3-4,6,8-10,12,14-16,18,20,23,26-53H2,1-2H3/b7-5-,13-11-,19-17-,22-21-,25-24-. The van der Waals surface area contributed by atoms with E-state index in [1.165, 1.54) is 167 Å². The number of carbonyl (C=O) groups excluding carboxylic acids is 2. The van der Waals surface area contributed by atoms with Crippen molar-refractivity contribution in [2.24, 2.45) is 0 Å². The molecule has 0 rings (SSSR count). The zero-order valence-electron chi connectivity index (χ0n) is 40.4. The Hall–Kier alpha value is -2.40. The van der Waals surface area contributed by atoms with Gasteiger partial charge < -0.3 is 14.6 Å². The SMILES string of the molecule is CC/C=C\C/C=C\C/C=C\C/C=C\C/C=C\CCCCCCCCCCCCCCCCCCCC(=O)OC(CO)COC(=O)CCCCCCCCCCCCCCCC. The van der Waals surface area contributed by atoms with Crippen LogP contribution in [-0.2, 0) is 19.1 Å². The van der Waals surface area contributed by atoms with Crippen molar-refractivity contribution < 1.29 is 24.2 Å². The first-order valence-electron chi connectivity index (χ1n) is 26.3. The predicted molar refractivity (Wildman–Crippen MR) is 265 cm³/mol. The zero-order chi connectivity index (χ0) is 44.2. The minimum absolute atomic E-state index is 0.0619. The normalized spacial score (nSPS) is 12.6. The first-order chi connectivity index (χ1) is 30.1. The Morgan fingerprint density at radius 1 is 0.393 bits per heavy atom. The van der Waals surface area contributed by atoms with Crippen LogP contribution in [0.1, 0.15) is 264 Å². The molecule has 5 heteroatoms. The number of hydrogen-bond acceptors (Lipinski definition) is 5. The number of hydrogen-bond donors (Lipinski definition) is 1. The van der Waals surface area contributed by atoms with Crippen LogP contribution < -0.4 is 0 Å². The fourth-order valence-electron chi connectivity index (χ4n) is 7.64. The number of aliphatic hydroxyl groups is 1. The molecule has 0 fully saturated rings. The summed E-state index contributed by atoms with van der Waals surface area (Å²) in [7, 11) is 0. The molecule has 1 N–H and O–H groups in total. The van der Waals surface area contributed by atoms with Crippen molar-refractivity contribution in [3.05, 3.63) is 60.8 Å². The Balaban J connectivity index is 3.45. The van der Waals surface area contributed by atoms with Crippen LogP contribution in [0.2, 0.25) is 0 Å². The summed E-state index contributed by atoms with van der Waals surface area (Å²) in [5, 5.41) is 9.62. The molecule has 0 amide bonds. The average Bonchev–Trinajstić information content (AvgIpc) is 3.26. The quantitative estimate of drug-likeness (QED) is 0.0375. The summed E-state index contributed by atoms with van der Waals surface area (Å²) in [6.45, 7) is 4.05. The van der Waals surface area contributed by atoms with Gasteiger partial charge in [0.1, 0.15) is 6.61 Å². The predicted octanol–water partition coefficient (Wildman–Crippen LogP) is 17.5. The van der Waals surface area contributed by atoms with Gasteiger partial charge in [0, 0.05) is 12.8 Å². The van der Waals surface area contributed by atoms with E-state index in [1.54, 1.807) is 0 Å². The molecule has 0 radical (unpaired) electrons. The second-order valence-corrected chi connectivity index (χ2v) is 17.6. The molecule has 0 saturated heterocycles. The first-order valence-corrected chi connectivity index (χ1v) is 26.3. The molecule has 0 spiro atoms. The Morgan fingerprint density at radius 2 is 0.705 bits per heavy atom. The smallest absolute Gasteiger partial charge is 0.306 e. The van der Waals surface area contributed by atoms with Crippen molar-refractivity contribution in [1.29, 1.82) is 0 Å². The van der Waals surface area contributed by atoms with Gasteiger partial charge in [-0.25, -0.2) is 0 Å². The maximum atomic E-state index is 12.3. The highest BCUT2D eigenvalue weighted by atomic mass is 16.6. The van der Waals surface area contributed by atoms with E-state index in [-0.39, 0.29) is 25.2 Å². The number of unbranched alkanes of at least 4 members (excludes halogenated alkanes) is 30. The van der Waals surface area contributed by atoms with Gasteiger partial charge in [-0.3, -0.25) is 9.59 Å². The van der Waals surface area contributed by atoms with E-state index in [0.29, 0.717) is 12.8 Å². The minimum Gasteiger partial charge on any atom is -0.462 e. The van der Waals surface area contributed by atoms with Gasteiger partial charge in [-0.05, 0) is 57.8 Å². The van der Waals surface area contributed by atoms with E-state index in [9.17, 15) is 14.7 Å². The van der Waals surface area contributed by atoms with E-state index < -0.39 is 6.10 Å². The van der Waals surface area contributed by atoms with Crippen LogP contribution in [-0.4, -0.2) is 36.4 Å². The third-order valence-corrected chi connectivity index (χ3v) is 11.6. The third kappa shape index (κ3) is 50.1. The molecule has 1 atom stereocenters. The van der Waals surface area contributed by atoms with E-state index in [2.05, 4.69) is 74.6 Å². The number of allylic oxidation sites excluding steroid dienone is 10. The number of carbonyl (C=O) groups is 2. The van der Waals surface area contributed by atoms with Crippen molar-refractivity contribution in [2.45, 2.75) is 270 Å². The molecule has 1 unspecified atom stereocenters. The van der Waals surface area contributed by atoms with Crippen LogP contribution in [0.3, 0.4) is 0 Å². The zero-order valence-corrected chi connectivity index (χ0v) is 40.4. The lowest BCUT2D eigenvalue weighted by molar-refractivity contribution is -0.161. The fourth-order valence-corrected chi connectivity index (χ4v) is 7.64. The van der Waals surface area contributed by atoms with Crippen molar-refractivity contribution in [2.75, 3.05) is 13.2 Å². The highest BCUT2D eigenvalue weighted by Crippen LogP contribution is 2.16. The van der Waals surface area contributed by atoms with Crippen LogP contribution >= 0.6 is 0 Å². The van der Waals surface area contributed by atoms with E-state index in [0.717, 1.165) is 70.6 Å². The molecular formula is C56H100O5. The summed E-state index contributed by atoms with van der Waals surface area (Å²) in [4.78, 5) is 24.4. The maximum absolute atomic E-state index is 12.3. The van der Waals surface area contributed by atoms with Crippen LogP contribution in [0.25, 0.3) is 0 Å². The Bertz CT molecular complexity index is 1060. The van der Waals surface area contributed by atoms with Gasteiger partial charge in [-0.15, -0.1) is 0 Å². The van der Waals surface area contributed by atoms with Crippen LogP contribution in [0.15, 0.2) is 60.8 Å². The van der Waals surface area contributed by atoms with Gasteiger partial charge in [0.2, 0.25) is 0 Å². The summed E-state index contributed by atoms with van der Waals surface area (Å²) in [5.74, 6) is -0.579. The molecule has 0 aliphatic heterocycles. The van der Waals surface area contributed by atoms with E-state index in [1.807, 2.05) is 0 Å². The molecule has 0 aliphatic rings.